The number of ether oxygens (including phenoxy) is 1. The Balaban J connectivity index is 0.00000169. The predicted molar refractivity (Wildman–Crippen MR) is 48.9 cm³/mol. The lowest BCUT2D eigenvalue weighted by atomic mass is 10.6. The number of carbonyl (C=O) groups excluding carboxylic acids is 1. The molecule has 1 aromatic rings. The molecular formula is C8H14N2O4. The van der Waals surface area contributed by atoms with Gasteiger partial charge in [0, 0.05) is 6.92 Å². The van der Waals surface area contributed by atoms with Crippen LogP contribution in [-0.4, -0.2) is 22.4 Å². The Morgan fingerprint density at radius 2 is 2.29 bits per heavy atom. The fourth-order valence-corrected chi connectivity index (χ4v) is 0.839. The summed E-state index contributed by atoms with van der Waals surface area (Å²) in [6.07, 6.45) is 0. The molecule has 6 heteroatoms. The average molecular weight is 202 g/mol. The second-order valence-corrected chi connectivity index (χ2v) is 2.35. The number of hydrogen-bond donors (Lipinski definition) is 0. The SMILES string of the molecule is C.CCOC(=O)Cn1nc(C)oc1=O. The van der Waals surface area contributed by atoms with Crippen molar-refractivity contribution >= 4 is 5.97 Å². The molecule has 0 saturated carbocycles. The molecule has 0 radical (unpaired) electrons. The van der Waals surface area contributed by atoms with Crippen LogP contribution in [-0.2, 0) is 16.1 Å². The minimum Gasteiger partial charge on any atom is -0.465 e. The van der Waals surface area contributed by atoms with Gasteiger partial charge in [0.25, 0.3) is 0 Å². The third kappa shape index (κ3) is 3.04. The molecule has 0 atom stereocenters. The van der Waals surface area contributed by atoms with Crippen LogP contribution < -0.4 is 5.76 Å². The average Bonchev–Trinajstić information content (AvgIpc) is 2.30. The molecule has 0 aliphatic heterocycles. The highest BCUT2D eigenvalue weighted by Gasteiger charge is 2.09. The molecule has 6 nitrogen and oxygen atoms in total. The molecule has 1 aromatic heterocycles. The molecule has 0 aliphatic rings. The summed E-state index contributed by atoms with van der Waals surface area (Å²) in [7, 11) is 0. The third-order valence-electron chi connectivity index (χ3n) is 1.29. The number of hydrogen-bond acceptors (Lipinski definition) is 5. The van der Waals surface area contributed by atoms with Gasteiger partial charge in [0.15, 0.2) is 0 Å². The van der Waals surface area contributed by atoms with Crippen LogP contribution in [0.1, 0.15) is 20.2 Å². The van der Waals surface area contributed by atoms with Gasteiger partial charge in [0.1, 0.15) is 6.54 Å². The Morgan fingerprint density at radius 3 is 2.71 bits per heavy atom. The number of rotatable bonds is 3. The lowest BCUT2D eigenvalue weighted by Gasteiger charge is -1.98. The van der Waals surface area contributed by atoms with E-state index in [1.54, 1.807) is 6.92 Å². The molecule has 0 bridgehead atoms. The molecule has 0 aromatic carbocycles. The predicted octanol–water partition coefficient (Wildman–Crippen LogP) is 0.344. The summed E-state index contributed by atoms with van der Waals surface area (Å²) in [6.45, 7) is 3.30. The topological polar surface area (TPSA) is 74.3 Å². The molecular weight excluding hydrogens is 188 g/mol. The van der Waals surface area contributed by atoms with Crippen LogP contribution in [0.2, 0.25) is 0 Å². The third-order valence-corrected chi connectivity index (χ3v) is 1.29. The van der Waals surface area contributed by atoms with Gasteiger partial charge in [0.05, 0.1) is 6.61 Å². The number of carbonyl (C=O) groups is 1. The van der Waals surface area contributed by atoms with E-state index in [1.807, 2.05) is 0 Å². The van der Waals surface area contributed by atoms with E-state index in [2.05, 4.69) is 14.3 Å². The number of nitrogens with zero attached hydrogens (tertiary/aromatic N) is 2. The number of esters is 1. The minimum atomic E-state index is -0.648. The van der Waals surface area contributed by atoms with Crippen LogP contribution in [0.15, 0.2) is 9.21 Å². The number of aromatic nitrogens is 2. The van der Waals surface area contributed by atoms with Crippen molar-refractivity contribution in [1.82, 2.24) is 9.78 Å². The van der Waals surface area contributed by atoms with Crippen molar-refractivity contribution in [1.29, 1.82) is 0 Å². The fourth-order valence-electron chi connectivity index (χ4n) is 0.839. The maximum atomic E-state index is 10.9. The summed E-state index contributed by atoms with van der Waals surface area (Å²) in [5, 5.41) is 3.67. The van der Waals surface area contributed by atoms with Crippen molar-refractivity contribution in [2.75, 3.05) is 6.61 Å². The summed E-state index contributed by atoms with van der Waals surface area (Å²) < 4.78 is 10.1. The second kappa shape index (κ2) is 5.21. The van der Waals surface area contributed by atoms with Crippen molar-refractivity contribution in [2.24, 2.45) is 0 Å². The van der Waals surface area contributed by atoms with E-state index in [0.29, 0.717) is 0 Å². The maximum absolute atomic E-state index is 10.9. The Kier molecular flexibility index (Phi) is 4.62. The Bertz CT molecular complexity index is 352. The van der Waals surface area contributed by atoms with Crippen molar-refractivity contribution in [3.05, 3.63) is 16.4 Å². The quantitative estimate of drug-likeness (QED) is 0.661. The molecule has 14 heavy (non-hydrogen) atoms. The Labute approximate surface area is 81.5 Å². The zero-order chi connectivity index (χ0) is 9.84. The first-order valence-corrected chi connectivity index (χ1v) is 3.83. The smallest absolute Gasteiger partial charge is 0.437 e. The summed E-state index contributed by atoms with van der Waals surface area (Å²) in [4.78, 5) is 21.8. The molecule has 0 N–H and O–H groups in total. The maximum Gasteiger partial charge on any atom is 0.437 e. The first-order chi connectivity index (χ1) is 6.13. The standard InChI is InChI=1S/C7H10N2O4.CH4/c1-3-12-6(10)4-9-7(11)13-5(2)8-9;/h3-4H2,1-2H3;1H4. The van der Waals surface area contributed by atoms with E-state index >= 15 is 0 Å². The van der Waals surface area contributed by atoms with Crippen LogP contribution >= 0.6 is 0 Å². The molecule has 0 unspecified atom stereocenters. The van der Waals surface area contributed by atoms with Crippen molar-refractivity contribution in [2.45, 2.75) is 27.8 Å². The zero-order valence-electron chi connectivity index (χ0n) is 7.44. The minimum absolute atomic E-state index is 0. The second-order valence-electron chi connectivity index (χ2n) is 2.35. The van der Waals surface area contributed by atoms with Crippen molar-refractivity contribution < 1.29 is 13.9 Å². The van der Waals surface area contributed by atoms with Gasteiger partial charge in [0.2, 0.25) is 5.89 Å². The summed E-state index contributed by atoms with van der Waals surface area (Å²) >= 11 is 0. The molecule has 80 valence electrons. The highest BCUT2D eigenvalue weighted by molar-refractivity contribution is 5.68. The van der Waals surface area contributed by atoms with Gasteiger partial charge >= 0.3 is 11.7 Å². The van der Waals surface area contributed by atoms with E-state index in [0.717, 1.165) is 4.68 Å². The van der Waals surface area contributed by atoms with Gasteiger partial charge in [-0.3, -0.25) is 4.79 Å². The fraction of sp³-hybridized carbons (Fsp3) is 0.625. The normalized spacial score (nSPS) is 9.29. The van der Waals surface area contributed by atoms with Crippen LogP contribution in [0, 0.1) is 6.92 Å². The zero-order valence-corrected chi connectivity index (χ0v) is 7.44. The molecule has 0 spiro atoms. The van der Waals surface area contributed by atoms with Crippen LogP contribution in [0.5, 0.6) is 0 Å². The van der Waals surface area contributed by atoms with Crippen molar-refractivity contribution in [3.8, 4) is 0 Å². The molecule has 0 saturated heterocycles. The van der Waals surface area contributed by atoms with Gasteiger partial charge in [-0.05, 0) is 6.92 Å². The molecule has 0 amide bonds. The summed E-state index contributed by atoms with van der Waals surface area (Å²) in [6, 6.07) is 0. The van der Waals surface area contributed by atoms with Crippen LogP contribution in [0.3, 0.4) is 0 Å². The van der Waals surface area contributed by atoms with Gasteiger partial charge in [-0.1, -0.05) is 7.43 Å². The lowest BCUT2D eigenvalue weighted by Crippen LogP contribution is -2.22. The summed E-state index contributed by atoms with van der Waals surface area (Å²) in [5.41, 5.74) is 0. The Morgan fingerprint density at radius 1 is 1.64 bits per heavy atom. The molecule has 1 heterocycles. The van der Waals surface area contributed by atoms with E-state index in [9.17, 15) is 9.59 Å². The highest BCUT2D eigenvalue weighted by atomic mass is 16.5. The number of aryl methyl sites for hydroxylation is 1. The summed E-state index contributed by atoms with van der Waals surface area (Å²) in [5.74, 6) is -0.919. The first-order valence-electron chi connectivity index (χ1n) is 3.83. The van der Waals surface area contributed by atoms with Crippen LogP contribution in [0.4, 0.5) is 0 Å². The first kappa shape index (κ1) is 12.4. The van der Waals surface area contributed by atoms with Gasteiger partial charge in [-0.2, -0.15) is 4.68 Å². The van der Waals surface area contributed by atoms with E-state index in [4.69, 9.17) is 0 Å². The molecule has 0 aliphatic carbocycles. The van der Waals surface area contributed by atoms with Crippen molar-refractivity contribution in [3.63, 3.8) is 0 Å². The van der Waals surface area contributed by atoms with Gasteiger partial charge in [-0.25, -0.2) is 4.79 Å². The highest BCUT2D eigenvalue weighted by Crippen LogP contribution is 1.87. The lowest BCUT2D eigenvalue weighted by molar-refractivity contribution is -0.144. The van der Waals surface area contributed by atoms with Crippen LogP contribution in [0.25, 0.3) is 0 Å². The van der Waals surface area contributed by atoms with E-state index in [1.165, 1.54) is 6.92 Å². The van der Waals surface area contributed by atoms with E-state index < -0.39 is 11.7 Å². The molecule has 1 rings (SSSR count). The molecule has 0 fully saturated rings. The van der Waals surface area contributed by atoms with Gasteiger partial charge < -0.3 is 9.15 Å². The largest absolute Gasteiger partial charge is 0.465 e. The van der Waals surface area contributed by atoms with Gasteiger partial charge in [-0.15, -0.1) is 5.10 Å². The van der Waals surface area contributed by atoms with E-state index in [-0.39, 0.29) is 26.5 Å². The Hall–Kier alpha value is -1.59. The monoisotopic (exact) mass is 202 g/mol.